The molecular weight excluding hydrogens is 412 g/mol. The summed E-state index contributed by atoms with van der Waals surface area (Å²) in [6, 6.07) is 10.6. The molecule has 0 N–H and O–H groups in total. The minimum atomic E-state index is -0.470. The summed E-state index contributed by atoms with van der Waals surface area (Å²) < 4.78 is 6.38. The van der Waals surface area contributed by atoms with E-state index >= 15 is 0 Å². The van der Waals surface area contributed by atoms with Crippen LogP contribution in [-0.2, 0) is 4.74 Å². The molecule has 0 atom stereocenters. The van der Waals surface area contributed by atoms with Crippen molar-refractivity contribution in [3.63, 3.8) is 0 Å². The lowest BCUT2D eigenvalue weighted by Crippen LogP contribution is -2.39. The molecule has 0 radical (unpaired) electrons. The van der Waals surface area contributed by atoms with E-state index in [1.54, 1.807) is 4.90 Å². The van der Waals surface area contributed by atoms with Crippen LogP contribution in [-0.4, -0.2) is 60.1 Å². The molecule has 0 aliphatic carbocycles. The predicted octanol–water partition coefficient (Wildman–Crippen LogP) is 3.64. The van der Waals surface area contributed by atoms with Crippen LogP contribution < -0.4 is 4.90 Å². The van der Waals surface area contributed by atoms with Gasteiger partial charge in [0, 0.05) is 32.2 Å². The number of nitro groups is 1. The number of hydrogen-bond donors (Lipinski definition) is 0. The van der Waals surface area contributed by atoms with Crippen LogP contribution in [0.3, 0.4) is 0 Å². The monoisotopic (exact) mass is 432 g/mol. The normalized spacial score (nSPS) is 14.9. The number of fused-ring (bicyclic) bond motifs is 1. The SMILES string of the molecule is O=C(c1ccc([N+](=O)[O-])s1)N(CCCN1CCOCC1)c1nc2ccccc2s1. The molecule has 1 aliphatic rings. The average Bonchev–Trinajstić information content (AvgIpc) is 3.39. The number of amides is 1. The Kier molecular flexibility index (Phi) is 6.14. The van der Waals surface area contributed by atoms with Gasteiger partial charge in [-0.25, -0.2) is 4.98 Å². The molecule has 0 bridgehead atoms. The second kappa shape index (κ2) is 8.95. The number of carbonyl (C=O) groups excluding carboxylic acids is 1. The van der Waals surface area contributed by atoms with Crippen LogP contribution in [0.4, 0.5) is 10.1 Å². The number of nitrogens with zero attached hydrogens (tertiary/aromatic N) is 4. The molecule has 1 aromatic carbocycles. The lowest BCUT2D eigenvalue weighted by atomic mass is 10.3. The molecule has 0 saturated carbocycles. The zero-order valence-electron chi connectivity index (χ0n) is 15.7. The quantitative estimate of drug-likeness (QED) is 0.418. The summed E-state index contributed by atoms with van der Waals surface area (Å²) in [5, 5.41) is 11.6. The van der Waals surface area contributed by atoms with E-state index in [2.05, 4.69) is 9.88 Å². The minimum Gasteiger partial charge on any atom is -0.379 e. The third-order valence-electron chi connectivity index (χ3n) is 4.70. The molecule has 2 aromatic heterocycles. The maximum atomic E-state index is 13.2. The standard InChI is InChI=1S/C19H20N4O4S2/c24-18(16-6-7-17(28-16)23(25)26)22(9-3-8-21-10-12-27-13-11-21)19-20-14-4-1-2-5-15(14)29-19/h1-2,4-7H,3,8-13H2. The Labute approximate surface area is 175 Å². The molecule has 152 valence electrons. The zero-order chi connectivity index (χ0) is 20.2. The molecular formula is C19H20N4O4S2. The van der Waals surface area contributed by atoms with Gasteiger partial charge in [-0.05, 0) is 24.6 Å². The fourth-order valence-corrected chi connectivity index (χ4v) is 4.97. The van der Waals surface area contributed by atoms with Gasteiger partial charge in [-0.2, -0.15) is 0 Å². The van der Waals surface area contributed by atoms with Crippen LogP contribution in [0.5, 0.6) is 0 Å². The average molecular weight is 433 g/mol. The van der Waals surface area contributed by atoms with Gasteiger partial charge in [0.2, 0.25) is 0 Å². The third-order valence-corrected chi connectivity index (χ3v) is 6.79. The van der Waals surface area contributed by atoms with Crippen LogP contribution in [0.25, 0.3) is 10.2 Å². The van der Waals surface area contributed by atoms with Crippen LogP contribution in [0.2, 0.25) is 0 Å². The van der Waals surface area contributed by atoms with E-state index in [1.165, 1.54) is 23.5 Å². The van der Waals surface area contributed by atoms with Gasteiger partial charge in [-0.1, -0.05) is 34.8 Å². The van der Waals surface area contributed by atoms with Crippen molar-refractivity contribution >= 4 is 48.9 Å². The fourth-order valence-electron chi connectivity index (χ4n) is 3.21. The molecule has 0 unspecified atom stereocenters. The van der Waals surface area contributed by atoms with Crippen LogP contribution >= 0.6 is 22.7 Å². The first-order valence-corrected chi connectivity index (χ1v) is 11.0. The second-order valence-corrected chi connectivity index (χ2v) is 8.69. The van der Waals surface area contributed by atoms with Gasteiger partial charge in [0.05, 0.1) is 33.2 Å². The Morgan fingerprint density at radius 2 is 2.00 bits per heavy atom. The Hall–Kier alpha value is -2.40. The molecule has 4 rings (SSSR count). The first kappa shape index (κ1) is 19.9. The number of morpholine rings is 1. The molecule has 1 aliphatic heterocycles. The Balaban J connectivity index is 1.55. The predicted molar refractivity (Wildman–Crippen MR) is 114 cm³/mol. The molecule has 8 nitrogen and oxygen atoms in total. The van der Waals surface area contributed by atoms with E-state index in [0.717, 1.165) is 60.8 Å². The summed E-state index contributed by atoms with van der Waals surface area (Å²) in [6.07, 6.45) is 0.787. The lowest BCUT2D eigenvalue weighted by molar-refractivity contribution is -0.380. The van der Waals surface area contributed by atoms with Crippen molar-refractivity contribution in [2.45, 2.75) is 6.42 Å². The van der Waals surface area contributed by atoms with Gasteiger partial charge in [-0.15, -0.1) is 0 Å². The lowest BCUT2D eigenvalue weighted by Gasteiger charge is -2.27. The van der Waals surface area contributed by atoms with Crippen molar-refractivity contribution in [2.75, 3.05) is 44.3 Å². The van der Waals surface area contributed by atoms with E-state index in [9.17, 15) is 14.9 Å². The van der Waals surface area contributed by atoms with Gasteiger partial charge in [-0.3, -0.25) is 24.7 Å². The van der Waals surface area contributed by atoms with Gasteiger partial charge >= 0.3 is 5.00 Å². The number of benzene rings is 1. The number of thiophene rings is 1. The topological polar surface area (TPSA) is 88.8 Å². The largest absolute Gasteiger partial charge is 0.379 e. The molecule has 1 fully saturated rings. The van der Waals surface area contributed by atoms with E-state index in [1.807, 2.05) is 24.3 Å². The van der Waals surface area contributed by atoms with Crippen molar-refractivity contribution in [1.82, 2.24) is 9.88 Å². The van der Waals surface area contributed by atoms with Crippen molar-refractivity contribution in [2.24, 2.45) is 0 Å². The van der Waals surface area contributed by atoms with Crippen LogP contribution in [0, 0.1) is 10.1 Å². The highest BCUT2D eigenvalue weighted by Gasteiger charge is 2.25. The molecule has 0 spiro atoms. The summed E-state index contributed by atoms with van der Waals surface area (Å²) in [7, 11) is 0. The highest BCUT2D eigenvalue weighted by atomic mass is 32.1. The number of carbonyl (C=O) groups is 1. The summed E-state index contributed by atoms with van der Waals surface area (Å²) in [5.74, 6) is -0.246. The Morgan fingerprint density at radius 3 is 2.72 bits per heavy atom. The molecule has 29 heavy (non-hydrogen) atoms. The van der Waals surface area contributed by atoms with Crippen LogP contribution in [0.1, 0.15) is 16.1 Å². The number of aromatic nitrogens is 1. The summed E-state index contributed by atoms with van der Waals surface area (Å²) >= 11 is 2.36. The number of ether oxygens (including phenoxy) is 1. The van der Waals surface area contributed by atoms with Crippen molar-refractivity contribution in [3.05, 3.63) is 51.4 Å². The fraction of sp³-hybridized carbons (Fsp3) is 0.368. The van der Waals surface area contributed by atoms with Crippen molar-refractivity contribution < 1.29 is 14.5 Å². The van der Waals surface area contributed by atoms with Gasteiger partial charge < -0.3 is 4.74 Å². The van der Waals surface area contributed by atoms with E-state index in [4.69, 9.17) is 4.74 Å². The minimum absolute atomic E-state index is 0.0362. The molecule has 3 heterocycles. The number of anilines is 1. The van der Waals surface area contributed by atoms with Gasteiger partial charge in [0.25, 0.3) is 5.91 Å². The first-order chi connectivity index (χ1) is 14.1. The summed E-state index contributed by atoms with van der Waals surface area (Å²) in [5.41, 5.74) is 0.843. The van der Waals surface area contributed by atoms with Gasteiger partial charge in [0.1, 0.15) is 0 Å². The van der Waals surface area contributed by atoms with E-state index in [0.29, 0.717) is 16.6 Å². The third kappa shape index (κ3) is 4.61. The van der Waals surface area contributed by atoms with Gasteiger partial charge in [0.15, 0.2) is 5.13 Å². The molecule has 3 aromatic rings. The Morgan fingerprint density at radius 1 is 1.21 bits per heavy atom. The maximum Gasteiger partial charge on any atom is 0.324 e. The number of thiazole rings is 1. The van der Waals surface area contributed by atoms with E-state index in [-0.39, 0.29) is 10.9 Å². The Bertz CT molecular complexity index is 979. The van der Waals surface area contributed by atoms with E-state index < -0.39 is 4.92 Å². The highest BCUT2D eigenvalue weighted by Crippen LogP contribution is 2.32. The highest BCUT2D eigenvalue weighted by molar-refractivity contribution is 7.22. The maximum absolute atomic E-state index is 13.2. The molecule has 1 amide bonds. The molecule has 1 saturated heterocycles. The summed E-state index contributed by atoms with van der Waals surface area (Å²) in [4.78, 5) is 32.7. The van der Waals surface area contributed by atoms with Crippen LogP contribution in [0.15, 0.2) is 36.4 Å². The number of hydrogen-bond acceptors (Lipinski definition) is 8. The smallest absolute Gasteiger partial charge is 0.324 e. The van der Waals surface area contributed by atoms with Crippen molar-refractivity contribution in [3.8, 4) is 0 Å². The molecule has 10 heteroatoms. The zero-order valence-corrected chi connectivity index (χ0v) is 17.3. The number of rotatable bonds is 7. The first-order valence-electron chi connectivity index (χ1n) is 9.33. The second-order valence-electron chi connectivity index (χ2n) is 6.62. The summed E-state index contributed by atoms with van der Waals surface area (Å²) in [6.45, 7) is 4.63. The van der Waals surface area contributed by atoms with Crippen molar-refractivity contribution in [1.29, 1.82) is 0 Å². The number of para-hydroxylation sites is 1.